The number of aryl methyl sites for hydroxylation is 2. The van der Waals surface area contributed by atoms with Crippen LogP contribution in [0.4, 0.5) is 0 Å². The zero-order valence-electron chi connectivity index (χ0n) is 16.2. The van der Waals surface area contributed by atoms with E-state index in [-0.39, 0.29) is 5.91 Å². The second kappa shape index (κ2) is 10.3. The fourth-order valence-corrected chi connectivity index (χ4v) is 4.48. The van der Waals surface area contributed by atoms with Crippen molar-refractivity contribution in [2.75, 3.05) is 13.2 Å². The second-order valence-corrected chi connectivity index (χ2v) is 8.24. The predicted octanol–water partition coefficient (Wildman–Crippen LogP) is 4.66. The molecule has 2 heterocycles. The van der Waals surface area contributed by atoms with Crippen molar-refractivity contribution in [2.45, 2.75) is 39.5 Å². The number of nitrogens with one attached hydrogen (secondary N) is 1. The maximum absolute atomic E-state index is 12.2. The maximum atomic E-state index is 12.2. The van der Waals surface area contributed by atoms with E-state index in [1.165, 1.54) is 16.3 Å². The number of nitrogens with zero attached hydrogens (tertiary/aromatic N) is 2. The Balaban J connectivity index is 1.44. The van der Waals surface area contributed by atoms with Crippen LogP contribution in [0.5, 0.6) is 5.75 Å². The van der Waals surface area contributed by atoms with Crippen LogP contribution < -0.4 is 10.1 Å². The van der Waals surface area contributed by atoms with E-state index >= 15 is 0 Å². The SMILES string of the molecule is CCOc1ccccc1-c1nc(CC(=O)NCCCCc2nc(C)cs2)cs1. The van der Waals surface area contributed by atoms with E-state index in [1.54, 1.807) is 11.3 Å². The molecule has 28 heavy (non-hydrogen) atoms. The van der Waals surface area contributed by atoms with Crippen molar-refractivity contribution in [2.24, 2.45) is 0 Å². The molecule has 5 nitrogen and oxygen atoms in total. The van der Waals surface area contributed by atoms with Gasteiger partial charge in [0.1, 0.15) is 10.8 Å². The highest BCUT2D eigenvalue weighted by atomic mass is 32.1. The minimum Gasteiger partial charge on any atom is -0.493 e. The minimum atomic E-state index is 0.0139. The van der Waals surface area contributed by atoms with Crippen molar-refractivity contribution >= 4 is 28.6 Å². The Morgan fingerprint density at radius 1 is 1.14 bits per heavy atom. The molecule has 0 fully saturated rings. The van der Waals surface area contributed by atoms with Crippen molar-refractivity contribution in [1.29, 1.82) is 0 Å². The Morgan fingerprint density at radius 3 is 2.79 bits per heavy atom. The second-order valence-electron chi connectivity index (χ2n) is 6.44. The zero-order valence-corrected chi connectivity index (χ0v) is 17.9. The number of amides is 1. The lowest BCUT2D eigenvalue weighted by Crippen LogP contribution is -2.26. The topological polar surface area (TPSA) is 64.1 Å². The third-order valence-electron chi connectivity index (χ3n) is 4.12. The van der Waals surface area contributed by atoms with Gasteiger partial charge < -0.3 is 10.1 Å². The Bertz CT molecular complexity index is 904. The largest absolute Gasteiger partial charge is 0.493 e. The number of unbranched alkanes of at least 4 members (excludes halogenated alkanes) is 1. The highest BCUT2D eigenvalue weighted by Crippen LogP contribution is 2.32. The van der Waals surface area contributed by atoms with Gasteiger partial charge in [-0.3, -0.25) is 4.79 Å². The van der Waals surface area contributed by atoms with Gasteiger partial charge in [0.15, 0.2) is 0 Å². The number of ether oxygens (including phenoxy) is 1. The molecule has 0 aliphatic heterocycles. The van der Waals surface area contributed by atoms with Gasteiger partial charge in [-0.1, -0.05) is 12.1 Å². The summed E-state index contributed by atoms with van der Waals surface area (Å²) in [6.45, 7) is 5.28. The first-order valence-electron chi connectivity index (χ1n) is 9.50. The molecule has 0 saturated heterocycles. The standard InChI is InChI=1S/C21H25N3O2S2/c1-3-26-18-9-5-4-8-17(18)21-24-16(14-28-21)12-19(25)22-11-7-6-10-20-23-15(2)13-27-20/h4-5,8-9,13-14H,3,6-7,10-12H2,1-2H3,(H,22,25). The summed E-state index contributed by atoms with van der Waals surface area (Å²) in [5.41, 5.74) is 2.85. The van der Waals surface area contributed by atoms with Crippen LogP contribution in [0.2, 0.25) is 0 Å². The number of hydrogen-bond acceptors (Lipinski definition) is 6. The van der Waals surface area contributed by atoms with Crippen LogP contribution >= 0.6 is 22.7 Å². The summed E-state index contributed by atoms with van der Waals surface area (Å²) in [7, 11) is 0. The van der Waals surface area contributed by atoms with Gasteiger partial charge in [0.2, 0.25) is 5.91 Å². The molecule has 0 atom stereocenters. The van der Waals surface area contributed by atoms with Crippen LogP contribution in [0.1, 0.15) is 36.2 Å². The van der Waals surface area contributed by atoms with Crippen LogP contribution in [0.15, 0.2) is 35.0 Å². The molecule has 0 aliphatic carbocycles. The van der Waals surface area contributed by atoms with Crippen LogP contribution in [0, 0.1) is 6.92 Å². The lowest BCUT2D eigenvalue weighted by molar-refractivity contribution is -0.120. The summed E-state index contributed by atoms with van der Waals surface area (Å²) >= 11 is 3.24. The summed E-state index contributed by atoms with van der Waals surface area (Å²) in [6, 6.07) is 7.86. The van der Waals surface area contributed by atoms with Crippen molar-refractivity contribution in [1.82, 2.24) is 15.3 Å². The minimum absolute atomic E-state index is 0.0139. The number of carbonyl (C=O) groups excluding carboxylic acids is 1. The third kappa shape index (κ3) is 5.87. The average molecular weight is 416 g/mol. The Morgan fingerprint density at radius 2 is 2.00 bits per heavy atom. The van der Waals surface area contributed by atoms with Gasteiger partial charge in [-0.15, -0.1) is 22.7 Å². The van der Waals surface area contributed by atoms with E-state index in [1.807, 2.05) is 43.5 Å². The molecular weight excluding hydrogens is 390 g/mol. The molecule has 0 bridgehead atoms. The molecule has 0 radical (unpaired) electrons. The normalized spacial score (nSPS) is 10.8. The third-order valence-corrected chi connectivity index (χ3v) is 6.07. The average Bonchev–Trinajstić information content (AvgIpc) is 3.31. The van der Waals surface area contributed by atoms with E-state index in [2.05, 4.69) is 20.7 Å². The fourth-order valence-electron chi connectivity index (χ4n) is 2.81. The summed E-state index contributed by atoms with van der Waals surface area (Å²) in [4.78, 5) is 21.3. The zero-order chi connectivity index (χ0) is 19.8. The highest BCUT2D eigenvalue weighted by molar-refractivity contribution is 7.13. The fraction of sp³-hybridized carbons (Fsp3) is 0.381. The first-order valence-corrected chi connectivity index (χ1v) is 11.3. The predicted molar refractivity (Wildman–Crippen MR) is 115 cm³/mol. The molecule has 1 aromatic carbocycles. The number of aromatic nitrogens is 2. The van der Waals surface area contributed by atoms with Gasteiger partial charge >= 0.3 is 0 Å². The summed E-state index contributed by atoms with van der Waals surface area (Å²) in [5, 5.41) is 9.06. The Hall–Kier alpha value is -2.25. The highest BCUT2D eigenvalue weighted by Gasteiger charge is 2.12. The number of para-hydroxylation sites is 1. The van der Waals surface area contributed by atoms with Gasteiger partial charge in [-0.25, -0.2) is 9.97 Å². The summed E-state index contributed by atoms with van der Waals surface area (Å²) < 4.78 is 5.67. The van der Waals surface area contributed by atoms with Crippen molar-refractivity contribution in [3.8, 4) is 16.3 Å². The number of rotatable bonds is 10. The van der Waals surface area contributed by atoms with Crippen LogP contribution in [-0.4, -0.2) is 29.0 Å². The van der Waals surface area contributed by atoms with Gasteiger partial charge in [-0.05, 0) is 45.2 Å². The van der Waals surface area contributed by atoms with Gasteiger partial charge in [0.05, 0.1) is 29.3 Å². The van der Waals surface area contributed by atoms with Crippen LogP contribution in [0.3, 0.4) is 0 Å². The number of thiazole rings is 2. The van der Waals surface area contributed by atoms with Crippen LogP contribution in [-0.2, 0) is 17.6 Å². The monoisotopic (exact) mass is 415 g/mol. The smallest absolute Gasteiger partial charge is 0.226 e. The molecular formula is C21H25N3O2S2. The van der Waals surface area contributed by atoms with Crippen molar-refractivity contribution < 1.29 is 9.53 Å². The molecule has 0 saturated carbocycles. The lowest BCUT2D eigenvalue weighted by Gasteiger charge is -2.07. The van der Waals surface area contributed by atoms with Gasteiger partial charge in [0.25, 0.3) is 0 Å². The lowest BCUT2D eigenvalue weighted by atomic mass is 10.2. The quantitative estimate of drug-likeness (QED) is 0.489. The van der Waals surface area contributed by atoms with E-state index in [0.717, 1.165) is 47.0 Å². The van der Waals surface area contributed by atoms with E-state index in [0.29, 0.717) is 19.6 Å². The molecule has 1 amide bonds. The first-order chi connectivity index (χ1) is 13.7. The first kappa shape index (κ1) is 20.5. The molecule has 2 aromatic heterocycles. The Kier molecular flexibility index (Phi) is 7.56. The van der Waals surface area contributed by atoms with Crippen molar-refractivity contribution in [3.63, 3.8) is 0 Å². The molecule has 3 aromatic rings. The molecule has 0 aliphatic rings. The molecule has 148 valence electrons. The Labute approximate surface area is 173 Å². The van der Waals surface area contributed by atoms with E-state index < -0.39 is 0 Å². The maximum Gasteiger partial charge on any atom is 0.226 e. The molecule has 3 rings (SSSR count). The van der Waals surface area contributed by atoms with E-state index in [4.69, 9.17) is 4.74 Å². The molecule has 7 heteroatoms. The van der Waals surface area contributed by atoms with Gasteiger partial charge in [0, 0.05) is 23.0 Å². The van der Waals surface area contributed by atoms with Crippen LogP contribution in [0.25, 0.3) is 10.6 Å². The number of benzene rings is 1. The number of hydrogen-bond donors (Lipinski definition) is 1. The number of carbonyl (C=O) groups is 1. The van der Waals surface area contributed by atoms with Crippen molar-refractivity contribution in [3.05, 3.63) is 51.4 Å². The summed E-state index contributed by atoms with van der Waals surface area (Å²) in [6.07, 6.45) is 3.26. The van der Waals surface area contributed by atoms with E-state index in [9.17, 15) is 4.79 Å². The van der Waals surface area contributed by atoms with Gasteiger partial charge in [-0.2, -0.15) is 0 Å². The molecule has 1 N–H and O–H groups in total. The molecule has 0 spiro atoms. The molecule has 0 unspecified atom stereocenters. The summed E-state index contributed by atoms with van der Waals surface area (Å²) in [5.74, 6) is 0.839.